The second-order valence-corrected chi connectivity index (χ2v) is 4.44. The Balaban J connectivity index is 1.93. The fourth-order valence-electron chi connectivity index (χ4n) is 1.99. The van der Waals surface area contributed by atoms with Crippen LogP contribution >= 0.6 is 0 Å². The zero-order valence-electron chi connectivity index (χ0n) is 11.2. The standard InChI is InChI=1S/C17H12N4/c18-11-14(16-8-4-5-9-19-16)10-15-12-20-17(21-15)13-6-2-1-3-7-13/h1-10,12H,(H,20,21). The quantitative estimate of drug-likeness (QED) is 0.742. The smallest absolute Gasteiger partial charge is 0.137 e. The molecule has 2 aromatic heterocycles. The van der Waals surface area contributed by atoms with Crippen LogP contribution in [0.2, 0.25) is 0 Å². The SMILES string of the molecule is N#CC(=Cc1cnc(-c2ccccc2)[nH]1)c1ccccn1. The number of hydrogen-bond acceptors (Lipinski definition) is 3. The van der Waals surface area contributed by atoms with Gasteiger partial charge in [-0.2, -0.15) is 5.26 Å². The van der Waals surface area contributed by atoms with Gasteiger partial charge >= 0.3 is 0 Å². The Morgan fingerprint density at radius 3 is 2.57 bits per heavy atom. The van der Waals surface area contributed by atoms with Gasteiger partial charge in [0.1, 0.15) is 11.9 Å². The summed E-state index contributed by atoms with van der Waals surface area (Å²) in [5.41, 5.74) is 2.93. The normalized spacial score (nSPS) is 11.1. The minimum atomic E-state index is 0.499. The molecule has 1 N–H and O–H groups in total. The highest BCUT2D eigenvalue weighted by Gasteiger charge is 2.05. The Morgan fingerprint density at radius 2 is 1.86 bits per heavy atom. The summed E-state index contributed by atoms with van der Waals surface area (Å²) < 4.78 is 0. The Hall–Kier alpha value is -3.19. The topological polar surface area (TPSA) is 65.4 Å². The van der Waals surface area contributed by atoms with E-state index in [1.54, 1.807) is 18.5 Å². The van der Waals surface area contributed by atoms with Gasteiger partial charge in [-0.25, -0.2) is 4.98 Å². The molecule has 3 aromatic rings. The molecule has 4 nitrogen and oxygen atoms in total. The van der Waals surface area contributed by atoms with E-state index in [1.165, 1.54) is 0 Å². The molecular weight excluding hydrogens is 260 g/mol. The molecule has 0 atom stereocenters. The van der Waals surface area contributed by atoms with Crippen molar-refractivity contribution in [2.75, 3.05) is 0 Å². The molecule has 0 bridgehead atoms. The van der Waals surface area contributed by atoms with Crippen LogP contribution in [0.1, 0.15) is 11.4 Å². The number of benzene rings is 1. The third kappa shape index (κ3) is 2.88. The number of hydrogen-bond donors (Lipinski definition) is 1. The van der Waals surface area contributed by atoms with Gasteiger partial charge < -0.3 is 4.98 Å². The molecule has 0 spiro atoms. The first-order valence-electron chi connectivity index (χ1n) is 6.50. The maximum atomic E-state index is 9.27. The maximum Gasteiger partial charge on any atom is 0.137 e. The number of H-pyrrole nitrogens is 1. The van der Waals surface area contributed by atoms with Crippen LogP contribution < -0.4 is 0 Å². The van der Waals surface area contributed by atoms with E-state index in [0.29, 0.717) is 11.3 Å². The van der Waals surface area contributed by atoms with Crippen molar-refractivity contribution in [3.05, 3.63) is 72.3 Å². The van der Waals surface area contributed by atoms with Crippen molar-refractivity contribution in [2.45, 2.75) is 0 Å². The fraction of sp³-hybridized carbons (Fsp3) is 0. The second-order valence-electron chi connectivity index (χ2n) is 4.44. The number of aromatic nitrogens is 3. The van der Waals surface area contributed by atoms with Crippen LogP contribution in [0.15, 0.2) is 60.9 Å². The van der Waals surface area contributed by atoms with Gasteiger partial charge in [0.05, 0.1) is 23.2 Å². The highest BCUT2D eigenvalue weighted by molar-refractivity contribution is 5.87. The number of rotatable bonds is 3. The summed E-state index contributed by atoms with van der Waals surface area (Å²) in [5, 5.41) is 9.27. The molecule has 2 heterocycles. The Morgan fingerprint density at radius 1 is 1.05 bits per heavy atom. The first-order chi connectivity index (χ1) is 10.4. The lowest BCUT2D eigenvalue weighted by Crippen LogP contribution is -1.86. The van der Waals surface area contributed by atoms with Crippen molar-refractivity contribution in [1.29, 1.82) is 5.26 Å². The Bertz CT molecular complexity index is 796. The molecule has 1 aromatic carbocycles. The predicted octanol–water partition coefficient (Wildman–Crippen LogP) is 3.54. The summed E-state index contributed by atoms with van der Waals surface area (Å²) in [6.45, 7) is 0. The molecule has 21 heavy (non-hydrogen) atoms. The molecule has 0 fully saturated rings. The van der Waals surface area contributed by atoms with Crippen molar-refractivity contribution in [1.82, 2.24) is 15.0 Å². The molecule has 0 aliphatic carbocycles. The van der Waals surface area contributed by atoms with Crippen LogP contribution in [0.25, 0.3) is 23.0 Å². The number of nitrogens with zero attached hydrogens (tertiary/aromatic N) is 3. The van der Waals surface area contributed by atoms with Crippen LogP contribution in [0.5, 0.6) is 0 Å². The average Bonchev–Trinajstić information content (AvgIpc) is 3.03. The van der Waals surface area contributed by atoms with Gasteiger partial charge in [-0.1, -0.05) is 36.4 Å². The molecule has 0 saturated heterocycles. The summed E-state index contributed by atoms with van der Waals surface area (Å²) >= 11 is 0. The van der Waals surface area contributed by atoms with Crippen LogP contribution in [0, 0.1) is 11.3 Å². The molecule has 0 amide bonds. The van der Waals surface area contributed by atoms with Gasteiger partial charge in [0, 0.05) is 11.8 Å². The summed E-state index contributed by atoms with van der Waals surface area (Å²) in [6.07, 6.45) is 5.13. The molecule has 0 saturated carbocycles. The largest absolute Gasteiger partial charge is 0.338 e. The lowest BCUT2D eigenvalue weighted by molar-refractivity contribution is 1.28. The highest BCUT2D eigenvalue weighted by Crippen LogP contribution is 2.18. The predicted molar refractivity (Wildman–Crippen MR) is 81.7 cm³/mol. The van der Waals surface area contributed by atoms with Gasteiger partial charge in [-0.05, 0) is 18.2 Å². The Kier molecular flexibility index (Phi) is 3.57. The monoisotopic (exact) mass is 272 g/mol. The maximum absolute atomic E-state index is 9.27. The minimum Gasteiger partial charge on any atom is -0.338 e. The lowest BCUT2D eigenvalue weighted by Gasteiger charge is -1.97. The van der Waals surface area contributed by atoms with Crippen molar-refractivity contribution < 1.29 is 0 Å². The zero-order valence-corrected chi connectivity index (χ0v) is 11.2. The van der Waals surface area contributed by atoms with Crippen LogP contribution in [0.4, 0.5) is 0 Å². The number of nitriles is 1. The van der Waals surface area contributed by atoms with Crippen molar-refractivity contribution in [3.8, 4) is 17.5 Å². The summed E-state index contributed by atoms with van der Waals surface area (Å²) in [4.78, 5) is 11.7. The number of imidazole rings is 1. The van der Waals surface area contributed by atoms with Crippen LogP contribution in [-0.2, 0) is 0 Å². The average molecular weight is 272 g/mol. The molecular formula is C17H12N4. The van der Waals surface area contributed by atoms with E-state index >= 15 is 0 Å². The van der Waals surface area contributed by atoms with Gasteiger partial charge in [-0.3, -0.25) is 4.98 Å². The summed E-state index contributed by atoms with van der Waals surface area (Å²) in [7, 11) is 0. The van der Waals surface area contributed by atoms with E-state index < -0.39 is 0 Å². The molecule has 100 valence electrons. The molecule has 0 unspecified atom stereocenters. The molecule has 4 heteroatoms. The number of pyridine rings is 1. The molecule has 3 rings (SSSR count). The number of allylic oxidation sites excluding steroid dienone is 1. The minimum absolute atomic E-state index is 0.499. The van der Waals surface area contributed by atoms with E-state index in [0.717, 1.165) is 17.1 Å². The molecule has 0 aliphatic rings. The summed E-state index contributed by atoms with van der Waals surface area (Å²) in [6, 6.07) is 17.5. The van der Waals surface area contributed by atoms with E-state index in [4.69, 9.17) is 0 Å². The van der Waals surface area contributed by atoms with E-state index in [2.05, 4.69) is 21.0 Å². The van der Waals surface area contributed by atoms with E-state index in [9.17, 15) is 5.26 Å². The molecule has 0 aliphatic heterocycles. The van der Waals surface area contributed by atoms with E-state index in [1.807, 2.05) is 48.5 Å². The third-order valence-corrected chi connectivity index (χ3v) is 3.00. The third-order valence-electron chi connectivity index (χ3n) is 3.00. The van der Waals surface area contributed by atoms with Gasteiger partial charge in [-0.15, -0.1) is 0 Å². The first-order valence-corrected chi connectivity index (χ1v) is 6.50. The fourth-order valence-corrected chi connectivity index (χ4v) is 1.99. The molecule has 0 radical (unpaired) electrons. The van der Waals surface area contributed by atoms with Gasteiger partial charge in [0.15, 0.2) is 0 Å². The van der Waals surface area contributed by atoms with Crippen molar-refractivity contribution in [3.63, 3.8) is 0 Å². The van der Waals surface area contributed by atoms with Crippen LogP contribution in [-0.4, -0.2) is 15.0 Å². The second kappa shape index (κ2) is 5.85. The van der Waals surface area contributed by atoms with E-state index in [-0.39, 0.29) is 0 Å². The summed E-state index contributed by atoms with van der Waals surface area (Å²) in [5.74, 6) is 0.778. The Labute approximate surface area is 122 Å². The van der Waals surface area contributed by atoms with Gasteiger partial charge in [0.25, 0.3) is 0 Å². The lowest BCUT2D eigenvalue weighted by atomic mass is 10.1. The van der Waals surface area contributed by atoms with Gasteiger partial charge in [0.2, 0.25) is 0 Å². The van der Waals surface area contributed by atoms with Crippen molar-refractivity contribution >= 4 is 11.6 Å². The number of nitrogens with one attached hydrogen (secondary N) is 1. The van der Waals surface area contributed by atoms with Crippen LogP contribution in [0.3, 0.4) is 0 Å². The first kappa shape index (κ1) is 12.8. The highest BCUT2D eigenvalue weighted by atomic mass is 14.9. The zero-order chi connectivity index (χ0) is 14.5. The van der Waals surface area contributed by atoms with Crippen molar-refractivity contribution in [2.24, 2.45) is 0 Å². The number of aromatic amines is 1.